The van der Waals surface area contributed by atoms with Crippen LogP contribution in [0.25, 0.3) is 11.3 Å². The molecule has 11 heteroatoms. The first-order valence-corrected chi connectivity index (χ1v) is 11.1. The van der Waals surface area contributed by atoms with Crippen LogP contribution in [0.2, 0.25) is 0 Å². The van der Waals surface area contributed by atoms with Crippen molar-refractivity contribution in [2.45, 2.75) is 6.92 Å². The molecule has 0 saturated carbocycles. The lowest BCUT2D eigenvalue weighted by Gasteiger charge is -2.06. The minimum Gasteiger partial charge on any atom is -0.494 e. The van der Waals surface area contributed by atoms with Crippen molar-refractivity contribution in [2.24, 2.45) is 5.10 Å². The van der Waals surface area contributed by atoms with Crippen molar-refractivity contribution in [1.29, 1.82) is 0 Å². The summed E-state index contributed by atoms with van der Waals surface area (Å²) in [6.45, 7) is 2.48. The number of hydrogen-bond donors (Lipinski definition) is 3. The fraction of sp³-hybridized carbons (Fsp3) is 0.136. The molecule has 0 aliphatic heterocycles. The van der Waals surface area contributed by atoms with Crippen LogP contribution in [-0.2, 0) is 11.1 Å². The Kier molecular flexibility index (Phi) is 8.33. The van der Waals surface area contributed by atoms with E-state index in [-0.39, 0.29) is 11.6 Å². The van der Waals surface area contributed by atoms with Crippen molar-refractivity contribution >= 4 is 29.1 Å². The van der Waals surface area contributed by atoms with Gasteiger partial charge in [-0.15, -0.1) is 0 Å². The summed E-state index contributed by atoms with van der Waals surface area (Å²) in [6.07, 6.45) is 4.31. The Morgan fingerprint density at radius 2 is 1.82 bits per heavy atom. The molecular weight excluding hydrogens is 446 g/mol. The average molecular weight is 468 g/mol. The van der Waals surface area contributed by atoms with E-state index in [9.17, 15) is 13.8 Å². The molecule has 0 spiro atoms. The van der Waals surface area contributed by atoms with Crippen LogP contribution >= 0.6 is 0 Å². The number of ether oxygens (including phenoxy) is 1. The van der Waals surface area contributed by atoms with Gasteiger partial charge in [0.1, 0.15) is 17.3 Å². The molecule has 0 aliphatic rings. The molecular formula is C22H21N5O5S. The van der Waals surface area contributed by atoms with E-state index in [4.69, 9.17) is 9.29 Å². The summed E-state index contributed by atoms with van der Waals surface area (Å²) in [6, 6.07) is 13.6. The van der Waals surface area contributed by atoms with Crippen molar-refractivity contribution in [3.8, 4) is 17.0 Å². The fourth-order valence-electron chi connectivity index (χ4n) is 2.68. The van der Waals surface area contributed by atoms with Gasteiger partial charge >= 0.3 is 0 Å². The van der Waals surface area contributed by atoms with Crippen LogP contribution < -0.4 is 15.5 Å². The third-order valence-electron chi connectivity index (χ3n) is 4.24. The first-order chi connectivity index (χ1) is 16.0. The van der Waals surface area contributed by atoms with Gasteiger partial charge in [0.05, 0.1) is 30.9 Å². The summed E-state index contributed by atoms with van der Waals surface area (Å²) in [5.41, 5.74) is 4.77. The van der Waals surface area contributed by atoms with Crippen LogP contribution in [0.1, 0.15) is 33.3 Å². The summed E-state index contributed by atoms with van der Waals surface area (Å²) in [7, 11) is 0. The number of hydrazone groups is 1. The number of rotatable bonds is 9. The maximum Gasteiger partial charge on any atom is 0.291 e. The topological polar surface area (TPSA) is 143 Å². The van der Waals surface area contributed by atoms with Crippen molar-refractivity contribution < 1.29 is 23.1 Å². The number of amides is 2. The molecule has 0 bridgehead atoms. The molecule has 0 aliphatic carbocycles. The Balaban J connectivity index is 1.59. The molecule has 33 heavy (non-hydrogen) atoms. The second-order valence-electron chi connectivity index (χ2n) is 6.54. The lowest BCUT2D eigenvalue weighted by Crippen LogP contribution is -2.26. The van der Waals surface area contributed by atoms with E-state index in [1.165, 1.54) is 24.5 Å². The maximum atomic E-state index is 12.4. The molecule has 3 rings (SSSR count). The predicted molar refractivity (Wildman–Crippen MR) is 123 cm³/mol. The summed E-state index contributed by atoms with van der Waals surface area (Å²) in [5, 5.41) is 6.22. The monoisotopic (exact) mass is 467 g/mol. The highest BCUT2D eigenvalue weighted by Gasteiger charge is 2.10. The van der Waals surface area contributed by atoms with E-state index in [1.54, 1.807) is 18.3 Å². The Labute approximate surface area is 192 Å². The average Bonchev–Trinajstić information content (AvgIpc) is 2.83. The first-order valence-electron chi connectivity index (χ1n) is 9.80. The van der Waals surface area contributed by atoms with Gasteiger partial charge in [-0.1, -0.05) is 12.1 Å². The molecule has 10 nitrogen and oxygen atoms in total. The predicted octanol–water partition coefficient (Wildman–Crippen LogP) is 2.22. The number of aromatic nitrogens is 2. The van der Waals surface area contributed by atoms with Crippen LogP contribution in [0.15, 0.2) is 66.0 Å². The molecule has 1 atom stereocenters. The normalized spacial score (nSPS) is 11.7. The van der Waals surface area contributed by atoms with Gasteiger partial charge in [-0.25, -0.2) is 14.6 Å². The second kappa shape index (κ2) is 11.6. The molecule has 1 unspecified atom stereocenters. The van der Waals surface area contributed by atoms with Gasteiger partial charge < -0.3 is 14.6 Å². The van der Waals surface area contributed by atoms with E-state index in [2.05, 4.69) is 25.8 Å². The number of nitrogens with zero attached hydrogens (tertiary/aromatic N) is 3. The molecule has 1 heterocycles. The van der Waals surface area contributed by atoms with Gasteiger partial charge in [-0.05, 0) is 48.9 Å². The van der Waals surface area contributed by atoms with Crippen molar-refractivity contribution in [3.05, 3.63) is 77.7 Å². The van der Waals surface area contributed by atoms with E-state index in [1.807, 2.05) is 31.2 Å². The minimum absolute atomic E-state index is 0.104. The first kappa shape index (κ1) is 23.7. The van der Waals surface area contributed by atoms with E-state index < -0.39 is 22.9 Å². The van der Waals surface area contributed by atoms with Gasteiger partial charge in [0.2, 0.25) is 0 Å². The molecule has 2 amide bonds. The number of carbonyl (C=O) groups excluding carboxylic acids is 2. The van der Waals surface area contributed by atoms with Gasteiger partial charge in [0, 0.05) is 11.1 Å². The summed E-state index contributed by atoms with van der Waals surface area (Å²) >= 11 is -2.11. The van der Waals surface area contributed by atoms with Crippen LogP contribution in [-0.4, -0.2) is 49.2 Å². The molecule has 3 aromatic rings. The molecule has 170 valence electrons. The summed E-state index contributed by atoms with van der Waals surface area (Å²) < 4.78 is 24.8. The maximum absolute atomic E-state index is 12.4. The number of hydrogen-bond acceptors (Lipinski definition) is 7. The highest BCUT2D eigenvalue weighted by molar-refractivity contribution is 7.79. The van der Waals surface area contributed by atoms with Gasteiger partial charge in [0.25, 0.3) is 11.8 Å². The minimum atomic E-state index is -2.11. The van der Waals surface area contributed by atoms with Crippen molar-refractivity contribution in [1.82, 2.24) is 20.7 Å². The van der Waals surface area contributed by atoms with Crippen LogP contribution in [0, 0.1) is 0 Å². The Bertz CT molecular complexity index is 1170. The van der Waals surface area contributed by atoms with Gasteiger partial charge in [-0.3, -0.25) is 14.6 Å². The third-order valence-corrected chi connectivity index (χ3v) is 4.63. The quantitative estimate of drug-likeness (QED) is 0.249. The fourth-order valence-corrected chi connectivity index (χ4v) is 2.93. The summed E-state index contributed by atoms with van der Waals surface area (Å²) in [4.78, 5) is 32.6. The zero-order valence-electron chi connectivity index (χ0n) is 17.6. The lowest BCUT2D eigenvalue weighted by molar-refractivity contribution is 0.0945. The molecule has 0 fully saturated rings. The standard InChI is InChI=1S/C22H21N5O5S/c1-2-32-18-9-7-16(8-10-18)19-12-23-13-20(26-19)22(29)27-25-11-15-3-5-17(6-4-15)21(28)24-14-33(30)31/h3-13H,2,14H2,1H3,(H,24,28)(H,27,29)(H,30,31)/b25-11+. The second-order valence-corrected chi connectivity index (χ2v) is 7.47. The van der Waals surface area contributed by atoms with E-state index >= 15 is 0 Å². The number of carbonyl (C=O) groups is 2. The Hall–Kier alpha value is -3.96. The highest BCUT2D eigenvalue weighted by Crippen LogP contribution is 2.20. The number of benzene rings is 2. The SMILES string of the molecule is CCOc1ccc(-c2cncc(C(=O)N/N=C/c3ccc(C(=O)NCS(=O)O)cc3)n2)cc1. The number of nitrogens with one attached hydrogen (secondary N) is 2. The molecule has 3 N–H and O–H groups in total. The molecule has 1 aromatic heterocycles. The van der Waals surface area contributed by atoms with Crippen LogP contribution in [0.5, 0.6) is 5.75 Å². The van der Waals surface area contributed by atoms with Crippen LogP contribution in [0.3, 0.4) is 0 Å². The summed E-state index contributed by atoms with van der Waals surface area (Å²) in [5.74, 6) is -0.607. The van der Waals surface area contributed by atoms with E-state index in [0.717, 1.165) is 11.3 Å². The highest BCUT2D eigenvalue weighted by atomic mass is 32.2. The zero-order chi connectivity index (χ0) is 23.6. The Morgan fingerprint density at radius 3 is 2.48 bits per heavy atom. The van der Waals surface area contributed by atoms with Gasteiger partial charge in [0.15, 0.2) is 11.1 Å². The molecule has 0 radical (unpaired) electrons. The van der Waals surface area contributed by atoms with Crippen molar-refractivity contribution in [3.63, 3.8) is 0 Å². The lowest BCUT2D eigenvalue weighted by atomic mass is 10.1. The third kappa shape index (κ3) is 7.02. The Morgan fingerprint density at radius 1 is 1.09 bits per heavy atom. The molecule has 2 aromatic carbocycles. The zero-order valence-corrected chi connectivity index (χ0v) is 18.4. The smallest absolute Gasteiger partial charge is 0.291 e. The largest absolute Gasteiger partial charge is 0.494 e. The molecule has 0 saturated heterocycles. The van der Waals surface area contributed by atoms with E-state index in [0.29, 0.717) is 23.4 Å². The van der Waals surface area contributed by atoms with Gasteiger partial charge in [-0.2, -0.15) is 5.10 Å². The van der Waals surface area contributed by atoms with Crippen LogP contribution in [0.4, 0.5) is 0 Å². The van der Waals surface area contributed by atoms with Crippen molar-refractivity contribution in [2.75, 3.05) is 12.5 Å².